The van der Waals surface area contributed by atoms with Crippen molar-refractivity contribution in [1.29, 1.82) is 0 Å². The number of hydrogen-bond acceptors (Lipinski definition) is 3. The number of nitrogen functional groups attached to an aromatic ring is 1. The molecule has 1 aromatic heterocycles. The van der Waals surface area contributed by atoms with Crippen molar-refractivity contribution in [2.45, 2.75) is 32.9 Å². The number of nitrogens with one attached hydrogen (secondary N) is 1. The second-order valence-corrected chi connectivity index (χ2v) is 3.67. The lowest BCUT2D eigenvalue weighted by Gasteiger charge is -2.06. The summed E-state index contributed by atoms with van der Waals surface area (Å²) in [5.74, 6) is -0.458. The molecule has 0 unspecified atom stereocenters. The number of carbonyl (C=O) groups is 1. The Balaban J connectivity index is 2.81. The van der Waals surface area contributed by atoms with Crippen LogP contribution in [0.5, 0.6) is 0 Å². The van der Waals surface area contributed by atoms with Crippen molar-refractivity contribution < 1.29 is 13.6 Å². The van der Waals surface area contributed by atoms with Crippen LogP contribution >= 0.6 is 0 Å². The summed E-state index contributed by atoms with van der Waals surface area (Å²) in [5, 5.41) is 6.29. The summed E-state index contributed by atoms with van der Waals surface area (Å²) >= 11 is 0. The van der Waals surface area contributed by atoms with Crippen LogP contribution in [0.25, 0.3) is 0 Å². The molecule has 0 spiro atoms. The predicted molar refractivity (Wildman–Crippen MR) is 55.2 cm³/mol. The molecule has 0 atom stereocenters. The molecular weight excluding hydrogens is 218 g/mol. The normalized spacial score (nSPS) is 11.1. The molecule has 0 aromatic carbocycles. The van der Waals surface area contributed by atoms with Gasteiger partial charge in [0, 0.05) is 12.2 Å². The van der Waals surface area contributed by atoms with E-state index in [4.69, 9.17) is 5.73 Å². The molecule has 7 heteroatoms. The number of hydrogen-bond donors (Lipinski definition) is 2. The van der Waals surface area contributed by atoms with E-state index in [-0.39, 0.29) is 17.4 Å². The third kappa shape index (κ3) is 3.18. The van der Waals surface area contributed by atoms with Gasteiger partial charge in [0.1, 0.15) is 6.54 Å². The summed E-state index contributed by atoms with van der Waals surface area (Å²) in [4.78, 5) is 11.5. The van der Waals surface area contributed by atoms with Gasteiger partial charge in [-0.25, -0.2) is 8.78 Å². The third-order valence-corrected chi connectivity index (χ3v) is 1.75. The molecule has 0 aliphatic carbocycles. The van der Waals surface area contributed by atoms with Crippen molar-refractivity contribution in [3.05, 3.63) is 11.9 Å². The van der Waals surface area contributed by atoms with Crippen LogP contribution in [0.3, 0.4) is 0 Å². The maximum atomic E-state index is 12.1. The zero-order chi connectivity index (χ0) is 12.3. The summed E-state index contributed by atoms with van der Waals surface area (Å²) in [6.07, 6.45) is -1.30. The largest absolute Gasteiger partial charge is 0.396 e. The molecule has 1 rings (SSSR count). The third-order valence-electron chi connectivity index (χ3n) is 1.75. The Morgan fingerprint density at radius 1 is 1.62 bits per heavy atom. The Labute approximate surface area is 91.6 Å². The van der Waals surface area contributed by atoms with Crippen molar-refractivity contribution in [3.63, 3.8) is 0 Å². The average Bonchev–Trinajstić information content (AvgIpc) is 2.44. The molecule has 1 aromatic rings. The lowest BCUT2D eigenvalue weighted by Crippen LogP contribution is -2.31. The Hall–Kier alpha value is -1.66. The quantitative estimate of drug-likeness (QED) is 0.809. The Kier molecular flexibility index (Phi) is 3.81. The monoisotopic (exact) mass is 232 g/mol. The SMILES string of the molecule is CC(C)NC(=O)c1nn(CC(F)F)cc1N. The van der Waals surface area contributed by atoms with Gasteiger partial charge in [-0.1, -0.05) is 0 Å². The Morgan fingerprint density at radius 3 is 2.75 bits per heavy atom. The first-order valence-corrected chi connectivity index (χ1v) is 4.82. The second kappa shape index (κ2) is 4.91. The van der Waals surface area contributed by atoms with Crippen molar-refractivity contribution in [2.75, 3.05) is 5.73 Å². The molecule has 0 saturated carbocycles. The summed E-state index contributed by atoms with van der Waals surface area (Å²) in [5.41, 5.74) is 5.58. The number of anilines is 1. The van der Waals surface area contributed by atoms with Crippen molar-refractivity contribution in [1.82, 2.24) is 15.1 Å². The summed E-state index contributed by atoms with van der Waals surface area (Å²) in [6.45, 7) is 2.99. The van der Waals surface area contributed by atoms with E-state index in [1.165, 1.54) is 6.20 Å². The molecule has 0 fully saturated rings. The van der Waals surface area contributed by atoms with E-state index in [9.17, 15) is 13.6 Å². The molecule has 0 saturated heterocycles. The fourth-order valence-electron chi connectivity index (χ4n) is 1.18. The molecule has 16 heavy (non-hydrogen) atoms. The van der Waals surface area contributed by atoms with Gasteiger partial charge in [0.05, 0.1) is 5.69 Å². The molecular formula is C9H14F2N4O. The highest BCUT2D eigenvalue weighted by molar-refractivity contribution is 5.97. The first-order chi connectivity index (χ1) is 7.40. The van der Waals surface area contributed by atoms with Crippen LogP contribution in [0.1, 0.15) is 24.3 Å². The van der Waals surface area contributed by atoms with E-state index < -0.39 is 18.9 Å². The van der Waals surface area contributed by atoms with Gasteiger partial charge in [-0.05, 0) is 13.8 Å². The van der Waals surface area contributed by atoms with E-state index in [0.717, 1.165) is 4.68 Å². The zero-order valence-electron chi connectivity index (χ0n) is 9.08. The number of nitrogens with zero attached hydrogens (tertiary/aromatic N) is 2. The van der Waals surface area contributed by atoms with E-state index in [2.05, 4.69) is 10.4 Å². The fourth-order valence-corrected chi connectivity index (χ4v) is 1.18. The van der Waals surface area contributed by atoms with Crippen LogP contribution < -0.4 is 11.1 Å². The highest BCUT2D eigenvalue weighted by Gasteiger charge is 2.16. The zero-order valence-corrected chi connectivity index (χ0v) is 9.08. The van der Waals surface area contributed by atoms with Gasteiger partial charge in [0.25, 0.3) is 12.3 Å². The lowest BCUT2D eigenvalue weighted by molar-refractivity contribution is 0.0933. The molecule has 0 radical (unpaired) electrons. The van der Waals surface area contributed by atoms with E-state index in [0.29, 0.717) is 0 Å². The molecule has 5 nitrogen and oxygen atoms in total. The van der Waals surface area contributed by atoms with Gasteiger partial charge in [0.15, 0.2) is 5.69 Å². The lowest BCUT2D eigenvalue weighted by atomic mass is 10.3. The number of nitrogens with two attached hydrogens (primary N) is 1. The molecule has 0 aliphatic heterocycles. The standard InChI is InChI=1S/C9H14F2N4O/c1-5(2)13-9(16)8-6(12)3-15(14-8)4-7(10)11/h3,5,7H,4,12H2,1-2H3,(H,13,16). The first-order valence-electron chi connectivity index (χ1n) is 4.82. The Bertz CT molecular complexity index is 376. The van der Waals surface area contributed by atoms with Crippen LogP contribution in [-0.4, -0.2) is 28.2 Å². The van der Waals surface area contributed by atoms with Crippen molar-refractivity contribution in [3.8, 4) is 0 Å². The Morgan fingerprint density at radius 2 is 2.25 bits per heavy atom. The molecule has 3 N–H and O–H groups in total. The van der Waals surface area contributed by atoms with Crippen LogP contribution in [0.15, 0.2) is 6.20 Å². The molecule has 1 amide bonds. The minimum atomic E-state index is -2.53. The summed E-state index contributed by atoms with van der Waals surface area (Å²) in [7, 11) is 0. The van der Waals surface area contributed by atoms with E-state index in [1.54, 1.807) is 13.8 Å². The molecule has 0 aliphatic rings. The van der Waals surface area contributed by atoms with Gasteiger partial charge in [-0.3, -0.25) is 9.48 Å². The number of rotatable bonds is 4. The van der Waals surface area contributed by atoms with Gasteiger partial charge in [-0.2, -0.15) is 5.10 Å². The van der Waals surface area contributed by atoms with Crippen molar-refractivity contribution in [2.24, 2.45) is 0 Å². The van der Waals surface area contributed by atoms with Gasteiger partial charge < -0.3 is 11.1 Å². The van der Waals surface area contributed by atoms with E-state index in [1.807, 2.05) is 0 Å². The highest BCUT2D eigenvalue weighted by Crippen LogP contribution is 2.10. The minimum Gasteiger partial charge on any atom is -0.396 e. The van der Waals surface area contributed by atoms with E-state index >= 15 is 0 Å². The van der Waals surface area contributed by atoms with Crippen LogP contribution in [0.4, 0.5) is 14.5 Å². The smallest absolute Gasteiger partial charge is 0.274 e. The van der Waals surface area contributed by atoms with Gasteiger partial charge in [-0.15, -0.1) is 0 Å². The molecule has 0 bridgehead atoms. The maximum absolute atomic E-state index is 12.1. The van der Waals surface area contributed by atoms with Crippen LogP contribution in [0, 0.1) is 0 Å². The second-order valence-electron chi connectivity index (χ2n) is 3.67. The number of aromatic nitrogens is 2. The molecule has 90 valence electrons. The van der Waals surface area contributed by atoms with Gasteiger partial charge in [0.2, 0.25) is 0 Å². The summed E-state index contributed by atoms with van der Waals surface area (Å²) in [6, 6.07) is -0.0628. The fraction of sp³-hybridized carbons (Fsp3) is 0.556. The van der Waals surface area contributed by atoms with Gasteiger partial charge >= 0.3 is 0 Å². The maximum Gasteiger partial charge on any atom is 0.274 e. The molecule has 1 heterocycles. The number of halogens is 2. The average molecular weight is 232 g/mol. The number of alkyl halides is 2. The minimum absolute atomic E-state index is 0.0191. The van der Waals surface area contributed by atoms with Crippen molar-refractivity contribution >= 4 is 11.6 Å². The first kappa shape index (κ1) is 12.4. The predicted octanol–water partition coefficient (Wildman–Crippen LogP) is 0.869. The topological polar surface area (TPSA) is 72.9 Å². The van der Waals surface area contributed by atoms with Crippen LogP contribution in [0.2, 0.25) is 0 Å². The summed E-state index contributed by atoms with van der Waals surface area (Å²) < 4.78 is 25.1. The number of carbonyl (C=O) groups excluding carboxylic acids is 1. The highest BCUT2D eigenvalue weighted by atomic mass is 19.3. The number of amides is 1. The van der Waals surface area contributed by atoms with Crippen LogP contribution in [-0.2, 0) is 6.54 Å².